The molecule has 2 aromatic carbocycles. The predicted octanol–water partition coefficient (Wildman–Crippen LogP) is 2.49. The first kappa shape index (κ1) is 21.4. The third kappa shape index (κ3) is 4.89. The average molecular weight is 455 g/mol. The fraction of sp³-hybridized carbons (Fsp3) is 0.182. The molecule has 164 valence electrons. The molecule has 0 atom stereocenters. The number of hydrogen-bond acceptors (Lipinski definition) is 6. The van der Waals surface area contributed by atoms with Crippen LogP contribution in [0.1, 0.15) is 5.56 Å². The van der Waals surface area contributed by atoms with Crippen molar-refractivity contribution < 1.29 is 23.9 Å². The van der Waals surface area contributed by atoms with Crippen LogP contribution in [0.15, 0.2) is 60.8 Å². The van der Waals surface area contributed by atoms with E-state index in [1.807, 2.05) is 18.2 Å². The van der Waals surface area contributed by atoms with Crippen LogP contribution in [0.5, 0.6) is 5.75 Å². The predicted molar refractivity (Wildman–Crippen MR) is 117 cm³/mol. The number of hydrogen-bond donors (Lipinski definition) is 1. The van der Waals surface area contributed by atoms with E-state index < -0.39 is 18.5 Å². The number of ether oxygens (including phenoxy) is 2. The Labute approximate surface area is 188 Å². The summed E-state index contributed by atoms with van der Waals surface area (Å²) >= 11 is 6.18. The Balaban J connectivity index is 1.32. The van der Waals surface area contributed by atoms with Crippen molar-refractivity contribution in [1.82, 2.24) is 9.78 Å². The van der Waals surface area contributed by atoms with Gasteiger partial charge in [-0.3, -0.25) is 19.3 Å². The third-order valence-electron chi connectivity index (χ3n) is 4.72. The van der Waals surface area contributed by atoms with Gasteiger partial charge in [0.2, 0.25) is 0 Å². The minimum atomic E-state index is -0.713. The molecule has 2 heterocycles. The van der Waals surface area contributed by atoms with Crippen LogP contribution in [0, 0.1) is 0 Å². The zero-order valence-electron chi connectivity index (χ0n) is 16.9. The normalized spacial score (nSPS) is 12.7. The highest BCUT2D eigenvalue weighted by Gasteiger charge is 2.27. The number of carbonyl (C=O) groups is 3. The number of anilines is 2. The van der Waals surface area contributed by atoms with E-state index in [4.69, 9.17) is 21.1 Å². The van der Waals surface area contributed by atoms with Crippen LogP contribution < -0.4 is 15.0 Å². The zero-order chi connectivity index (χ0) is 22.5. The summed E-state index contributed by atoms with van der Waals surface area (Å²) in [6.45, 7) is -0.631. The van der Waals surface area contributed by atoms with Gasteiger partial charge in [-0.15, -0.1) is 0 Å². The second-order valence-corrected chi connectivity index (χ2v) is 7.32. The maximum absolute atomic E-state index is 12.3. The zero-order valence-corrected chi connectivity index (χ0v) is 17.6. The number of esters is 1. The van der Waals surface area contributed by atoms with Crippen LogP contribution in [-0.2, 0) is 25.7 Å². The van der Waals surface area contributed by atoms with Gasteiger partial charge in [0.15, 0.2) is 13.2 Å². The summed E-state index contributed by atoms with van der Waals surface area (Å²) in [5.74, 6) is -0.677. The lowest BCUT2D eigenvalue weighted by atomic mass is 10.2. The number of rotatable bonds is 7. The van der Waals surface area contributed by atoms with Crippen molar-refractivity contribution in [3.8, 4) is 5.75 Å². The van der Waals surface area contributed by atoms with E-state index in [1.54, 1.807) is 47.3 Å². The molecular formula is C22H19ClN4O5. The van der Waals surface area contributed by atoms with E-state index >= 15 is 0 Å². The lowest BCUT2D eigenvalue weighted by Crippen LogP contribution is -2.42. The second kappa shape index (κ2) is 9.52. The fourth-order valence-electron chi connectivity index (χ4n) is 3.18. The molecule has 4 rings (SSSR count). The highest BCUT2D eigenvalue weighted by molar-refractivity contribution is 6.31. The van der Waals surface area contributed by atoms with Gasteiger partial charge in [0.05, 0.1) is 18.4 Å². The molecular weight excluding hydrogens is 436 g/mol. The van der Waals surface area contributed by atoms with Crippen molar-refractivity contribution in [2.45, 2.75) is 6.54 Å². The molecule has 0 radical (unpaired) electrons. The number of para-hydroxylation sites is 2. The number of nitrogens with zero attached hydrogens (tertiary/aromatic N) is 3. The number of amides is 2. The summed E-state index contributed by atoms with van der Waals surface area (Å²) in [6.07, 6.45) is 1.54. The van der Waals surface area contributed by atoms with Gasteiger partial charge in [-0.05, 0) is 23.8 Å². The van der Waals surface area contributed by atoms with Gasteiger partial charge in [0.25, 0.3) is 11.8 Å². The smallest absolute Gasteiger partial charge is 0.326 e. The molecule has 2 amide bonds. The molecule has 32 heavy (non-hydrogen) atoms. The monoisotopic (exact) mass is 454 g/mol. The first-order valence-electron chi connectivity index (χ1n) is 9.74. The van der Waals surface area contributed by atoms with Gasteiger partial charge in [0, 0.05) is 11.1 Å². The minimum absolute atomic E-state index is 0.166. The van der Waals surface area contributed by atoms with Gasteiger partial charge in [-0.2, -0.15) is 5.10 Å². The topological polar surface area (TPSA) is 103 Å². The van der Waals surface area contributed by atoms with Crippen molar-refractivity contribution in [2.24, 2.45) is 0 Å². The first-order chi connectivity index (χ1) is 15.5. The summed E-state index contributed by atoms with van der Waals surface area (Å²) in [7, 11) is 0. The molecule has 0 unspecified atom stereocenters. The van der Waals surface area contributed by atoms with Crippen molar-refractivity contribution in [3.05, 3.63) is 71.4 Å². The number of aromatic nitrogens is 2. The summed E-state index contributed by atoms with van der Waals surface area (Å²) in [5.41, 5.74) is 1.32. The number of halogens is 1. The largest absolute Gasteiger partial charge is 0.482 e. The third-order valence-corrected chi connectivity index (χ3v) is 5.09. The van der Waals surface area contributed by atoms with E-state index in [0.29, 0.717) is 28.8 Å². The lowest BCUT2D eigenvalue weighted by molar-refractivity contribution is -0.146. The molecule has 1 N–H and O–H groups in total. The second-order valence-electron chi connectivity index (χ2n) is 6.91. The summed E-state index contributed by atoms with van der Waals surface area (Å²) < 4.78 is 12.0. The van der Waals surface area contributed by atoms with Crippen molar-refractivity contribution in [1.29, 1.82) is 0 Å². The standard InChI is InChI=1S/C22H19ClN4O5/c23-16-6-2-1-5-15(16)11-27-19(9-10-24-27)25-20(28)13-32-22(30)12-26-17-7-3-4-8-18(17)31-14-21(26)29/h1-10H,11-14H2,(H,25,28). The van der Waals surface area contributed by atoms with E-state index in [9.17, 15) is 14.4 Å². The van der Waals surface area contributed by atoms with Gasteiger partial charge in [0.1, 0.15) is 18.1 Å². The average Bonchev–Trinajstić information content (AvgIpc) is 3.22. The Bertz CT molecular complexity index is 1160. The maximum Gasteiger partial charge on any atom is 0.326 e. The molecule has 1 aliphatic heterocycles. The molecule has 0 bridgehead atoms. The SMILES string of the molecule is O=C(COC(=O)CN1C(=O)COc2ccccc21)Nc1ccnn1Cc1ccccc1Cl. The lowest BCUT2D eigenvalue weighted by Gasteiger charge is -2.28. The van der Waals surface area contributed by atoms with Crippen molar-refractivity contribution in [2.75, 3.05) is 30.0 Å². The van der Waals surface area contributed by atoms with Crippen LogP contribution in [0.4, 0.5) is 11.5 Å². The summed E-state index contributed by atoms with van der Waals surface area (Å²) in [5, 5.41) is 7.43. The fourth-order valence-corrected chi connectivity index (χ4v) is 3.38. The molecule has 1 aromatic heterocycles. The minimum Gasteiger partial charge on any atom is -0.482 e. The Hall–Kier alpha value is -3.85. The highest BCUT2D eigenvalue weighted by Crippen LogP contribution is 2.31. The first-order valence-corrected chi connectivity index (χ1v) is 10.1. The highest BCUT2D eigenvalue weighted by atomic mass is 35.5. The van der Waals surface area contributed by atoms with Gasteiger partial charge < -0.3 is 14.8 Å². The van der Waals surface area contributed by atoms with Gasteiger partial charge in [-0.25, -0.2) is 4.68 Å². The molecule has 1 aliphatic rings. The van der Waals surface area contributed by atoms with E-state index in [2.05, 4.69) is 10.4 Å². The Morgan fingerprint density at radius 3 is 2.75 bits per heavy atom. The van der Waals surface area contributed by atoms with Crippen molar-refractivity contribution in [3.63, 3.8) is 0 Å². The van der Waals surface area contributed by atoms with E-state index in [1.165, 1.54) is 4.90 Å². The number of benzene rings is 2. The van der Waals surface area contributed by atoms with Crippen LogP contribution in [0.2, 0.25) is 5.02 Å². The molecule has 9 nitrogen and oxygen atoms in total. The Morgan fingerprint density at radius 2 is 1.91 bits per heavy atom. The van der Waals surface area contributed by atoms with Crippen LogP contribution >= 0.6 is 11.6 Å². The molecule has 0 saturated carbocycles. The van der Waals surface area contributed by atoms with Crippen molar-refractivity contribution >= 4 is 40.9 Å². The van der Waals surface area contributed by atoms with E-state index in [-0.39, 0.29) is 19.1 Å². The number of fused-ring (bicyclic) bond motifs is 1. The number of nitrogens with one attached hydrogen (secondary N) is 1. The summed E-state index contributed by atoms with van der Waals surface area (Å²) in [6, 6.07) is 15.8. The van der Waals surface area contributed by atoms with E-state index in [0.717, 1.165) is 5.56 Å². The molecule has 0 aliphatic carbocycles. The van der Waals surface area contributed by atoms with Gasteiger partial charge in [-0.1, -0.05) is 41.9 Å². The molecule has 0 spiro atoms. The molecule has 10 heteroatoms. The Morgan fingerprint density at radius 1 is 1.12 bits per heavy atom. The molecule has 0 saturated heterocycles. The quantitative estimate of drug-likeness (QED) is 0.550. The molecule has 0 fully saturated rings. The maximum atomic E-state index is 12.3. The molecule has 3 aromatic rings. The van der Waals surface area contributed by atoms with Crippen LogP contribution in [0.3, 0.4) is 0 Å². The number of carbonyl (C=O) groups excluding carboxylic acids is 3. The van der Waals surface area contributed by atoms with Crippen LogP contribution in [-0.4, -0.2) is 47.3 Å². The summed E-state index contributed by atoms with van der Waals surface area (Å²) in [4.78, 5) is 38.0. The van der Waals surface area contributed by atoms with Crippen LogP contribution in [0.25, 0.3) is 0 Å². The Kier molecular flexibility index (Phi) is 6.37. The van der Waals surface area contributed by atoms with Gasteiger partial charge >= 0.3 is 5.97 Å².